The van der Waals surface area contributed by atoms with Crippen LogP contribution >= 0.6 is 0 Å². The number of aryl methyl sites for hydroxylation is 2. The number of anilines is 2. The number of hydrogen-bond acceptors (Lipinski definition) is 5. The Morgan fingerprint density at radius 2 is 1.91 bits per heavy atom. The van der Waals surface area contributed by atoms with E-state index >= 15 is 0 Å². The molecule has 7 nitrogen and oxygen atoms in total. The third-order valence-corrected chi connectivity index (χ3v) is 7.75. The van der Waals surface area contributed by atoms with Crippen molar-refractivity contribution in [1.29, 1.82) is 0 Å². The number of imide groups is 1. The van der Waals surface area contributed by atoms with Crippen LogP contribution in [-0.4, -0.2) is 42.3 Å². The third-order valence-electron chi connectivity index (χ3n) is 7.75. The summed E-state index contributed by atoms with van der Waals surface area (Å²) >= 11 is 0. The number of carbonyl (C=O) groups is 3. The number of nitrogens with zero attached hydrogens (tertiary/aromatic N) is 2. The number of amides is 3. The molecule has 2 aromatic rings. The van der Waals surface area contributed by atoms with Crippen LogP contribution in [0.4, 0.5) is 11.4 Å². The van der Waals surface area contributed by atoms with Gasteiger partial charge in [0.15, 0.2) is 0 Å². The van der Waals surface area contributed by atoms with Crippen LogP contribution in [0.1, 0.15) is 29.5 Å². The van der Waals surface area contributed by atoms with Gasteiger partial charge >= 0.3 is 0 Å². The average Bonchev–Trinajstić information content (AvgIpc) is 3.47. The third kappa shape index (κ3) is 2.17. The van der Waals surface area contributed by atoms with Crippen molar-refractivity contribution < 1.29 is 19.1 Å². The van der Waals surface area contributed by atoms with Gasteiger partial charge in [0.2, 0.25) is 17.7 Å². The molecule has 4 heterocycles. The maximum atomic E-state index is 14.0. The van der Waals surface area contributed by atoms with Crippen LogP contribution in [0.5, 0.6) is 5.75 Å². The molecule has 1 N–H and O–H groups in total. The van der Waals surface area contributed by atoms with Gasteiger partial charge in [0.1, 0.15) is 11.3 Å². The second-order valence-corrected chi connectivity index (χ2v) is 9.34. The lowest BCUT2D eigenvalue weighted by Crippen LogP contribution is -2.54. The summed E-state index contributed by atoms with van der Waals surface area (Å²) in [5, 5.41) is 3.08. The summed E-state index contributed by atoms with van der Waals surface area (Å²) < 4.78 is 5.31. The molecular weight excluding hydrogens is 406 g/mol. The molecule has 1 spiro atoms. The SMILES string of the molecule is COc1cccc(N2C(=O)C3C4CCCN4C4(C(=O)Nc5c(C)cc(C)cc54)C3C2=O)c1. The lowest BCUT2D eigenvalue weighted by atomic mass is 9.75. The van der Waals surface area contributed by atoms with E-state index in [4.69, 9.17) is 4.74 Å². The first-order valence-corrected chi connectivity index (χ1v) is 11.1. The zero-order chi connectivity index (χ0) is 22.4. The Labute approximate surface area is 186 Å². The highest BCUT2D eigenvalue weighted by Gasteiger charge is 2.74. The van der Waals surface area contributed by atoms with Crippen LogP contribution in [0.3, 0.4) is 0 Å². The van der Waals surface area contributed by atoms with Crippen molar-refractivity contribution in [3.63, 3.8) is 0 Å². The summed E-state index contributed by atoms with van der Waals surface area (Å²) in [4.78, 5) is 44.9. The fourth-order valence-corrected chi connectivity index (χ4v) is 6.66. The summed E-state index contributed by atoms with van der Waals surface area (Å²) in [5.74, 6) is -1.40. The Kier molecular flexibility index (Phi) is 3.91. The molecule has 7 heteroatoms. The second-order valence-electron chi connectivity index (χ2n) is 9.34. The van der Waals surface area contributed by atoms with Crippen molar-refractivity contribution >= 4 is 29.1 Å². The summed E-state index contributed by atoms with van der Waals surface area (Å²) in [7, 11) is 1.55. The predicted octanol–water partition coefficient (Wildman–Crippen LogP) is 2.74. The second kappa shape index (κ2) is 6.42. The highest BCUT2D eigenvalue weighted by molar-refractivity contribution is 6.26. The average molecular weight is 431 g/mol. The van der Waals surface area contributed by atoms with Crippen LogP contribution in [-0.2, 0) is 19.9 Å². The molecule has 4 aliphatic rings. The first-order chi connectivity index (χ1) is 15.4. The molecule has 32 heavy (non-hydrogen) atoms. The highest BCUT2D eigenvalue weighted by atomic mass is 16.5. The molecule has 3 saturated heterocycles. The van der Waals surface area contributed by atoms with E-state index < -0.39 is 17.4 Å². The molecule has 0 aromatic heterocycles. The van der Waals surface area contributed by atoms with Gasteiger partial charge in [-0.1, -0.05) is 23.8 Å². The maximum absolute atomic E-state index is 14.0. The predicted molar refractivity (Wildman–Crippen MR) is 118 cm³/mol. The van der Waals surface area contributed by atoms with E-state index in [-0.39, 0.29) is 23.8 Å². The van der Waals surface area contributed by atoms with Gasteiger partial charge in [-0.3, -0.25) is 19.3 Å². The van der Waals surface area contributed by atoms with Gasteiger partial charge in [0, 0.05) is 23.4 Å². The van der Waals surface area contributed by atoms with Gasteiger partial charge in [0.25, 0.3) is 0 Å². The molecule has 0 saturated carbocycles. The molecule has 4 atom stereocenters. The topological polar surface area (TPSA) is 79.0 Å². The molecular formula is C25H25N3O4. The van der Waals surface area contributed by atoms with Crippen molar-refractivity contribution in [1.82, 2.24) is 4.90 Å². The van der Waals surface area contributed by atoms with Gasteiger partial charge in [0.05, 0.1) is 24.6 Å². The van der Waals surface area contributed by atoms with E-state index in [1.54, 1.807) is 31.4 Å². The number of hydrogen-bond donors (Lipinski definition) is 1. The molecule has 4 aliphatic heterocycles. The molecule has 2 aromatic carbocycles. The monoisotopic (exact) mass is 431 g/mol. The van der Waals surface area contributed by atoms with Gasteiger partial charge in [-0.05, 0) is 50.9 Å². The minimum absolute atomic E-state index is 0.121. The first kappa shape index (κ1) is 19.5. The lowest BCUT2D eigenvalue weighted by Gasteiger charge is -2.36. The Hall–Kier alpha value is -3.19. The molecule has 0 aliphatic carbocycles. The number of benzene rings is 2. The standard InChI is InChI=1S/C25H25N3O4/c1-13-10-14(2)21-17(11-13)25(24(31)26-21)20-19(18-8-5-9-27(18)25)22(29)28(23(20)30)15-6-4-7-16(12-15)32-3/h4,6-7,10-12,18-20H,5,8-9H2,1-3H3,(H,26,31). The Morgan fingerprint density at radius 1 is 1.09 bits per heavy atom. The maximum Gasteiger partial charge on any atom is 0.250 e. The number of methoxy groups -OCH3 is 1. The van der Waals surface area contributed by atoms with Crippen LogP contribution in [0, 0.1) is 25.7 Å². The van der Waals surface area contributed by atoms with Gasteiger partial charge in [-0.15, -0.1) is 0 Å². The number of fused-ring (bicyclic) bond motifs is 7. The smallest absolute Gasteiger partial charge is 0.250 e. The van der Waals surface area contributed by atoms with E-state index in [2.05, 4.69) is 10.2 Å². The van der Waals surface area contributed by atoms with Crippen molar-refractivity contribution in [2.24, 2.45) is 11.8 Å². The normalized spacial score (nSPS) is 30.7. The van der Waals surface area contributed by atoms with Crippen molar-refractivity contribution in [3.8, 4) is 5.75 Å². The fourth-order valence-electron chi connectivity index (χ4n) is 6.66. The molecule has 164 valence electrons. The molecule has 0 bridgehead atoms. The van der Waals surface area contributed by atoms with E-state index in [1.165, 1.54) is 4.90 Å². The molecule has 3 amide bonds. The van der Waals surface area contributed by atoms with Crippen molar-refractivity contribution in [3.05, 3.63) is 53.1 Å². The van der Waals surface area contributed by atoms with Crippen LogP contribution in [0.2, 0.25) is 0 Å². The Balaban J connectivity index is 1.56. The van der Waals surface area contributed by atoms with Crippen LogP contribution in [0.15, 0.2) is 36.4 Å². The van der Waals surface area contributed by atoms with Crippen LogP contribution in [0.25, 0.3) is 0 Å². The van der Waals surface area contributed by atoms with Gasteiger partial charge in [-0.2, -0.15) is 0 Å². The highest BCUT2D eigenvalue weighted by Crippen LogP contribution is 2.61. The molecule has 6 rings (SSSR count). The summed E-state index contributed by atoms with van der Waals surface area (Å²) in [6.07, 6.45) is 1.71. The van der Waals surface area contributed by atoms with Gasteiger partial charge in [-0.25, -0.2) is 4.90 Å². The number of carbonyl (C=O) groups excluding carboxylic acids is 3. The zero-order valence-corrected chi connectivity index (χ0v) is 18.3. The minimum Gasteiger partial charge on any atom is -0.497 e. The first-order valence-electron chi connectivity index (χ1n) is 11.1. The van der Waals surface area contributed by atoms with Crippen LogP contribution < -0.4 is 15.0 Å². The van der Waals surface area contributed by atoms with E-state index in [9.17, 15) is 14.4 Å². The van der Waals surface area contributed by atoms with Crippen molar-refractivity contribution in [2.45, 2.75) is 38.3 Å². The van der Waals surface area contributed by atoms with E-state index in [0.717, 1.165) is 35.2 Å². The molecule has 0 radical (unpaired) electrons. The summed E-state index contributed by atoms with van der Waals surface area (Å²) in [6.45, 7) is 4.68. The zero-order valence-electron chi connectivity index (χ0n) is 18.3. The Bertz CT molecular complexity index is 1210. The summed E-state index contributed by atoms with van der Waals surface area (Å²) in [6, 6.07) is 10.9. The lowest BCUT2D eigenvalue weighted by molar-refractivity contribution is -0.135. The summed E-state index contributed by atoms with van der Waals surface area (Å²) in [5.41, 5.74) is 2.99. The molecule has 3 fully saturated rings. The van der Waals surface area contributed by atoms with E-state index in [1.807, 2.05) is 26.0 Å². The number of ether oxygens (including phenoxy) is 1. The quantitative estimate of drug-likeness (QED) is 0.740. The van der Waals surface area contributed by atoms with Crippen molar-refractivity contribution in [2.75, 3.05) is 23.9 Å². The van der Waals surface area contributed by atoms with Gasteiger partial charge < -0.3 is 10.1 Å². The molecule has 4 unspecified atom stereocenters. The van der Waals surface area contributed by atoms with E-state index in [0.29, 0.717) is 18.0 Å². The minimum atomic E-state index is -1.14. The number of rotatable bonds is 2. The largest absolute Gasteiger partial charge is 0.497 e. The Morgan fingerprint density at radius 3 is 2.69 bits per heavy atom. The fraction of sp³-hybridized carbons (Fsp3) is 0.400. The number of nitrogens with one attached hydrogen (secondary N) is 1.